The van der Waals surface area contributed by atoms with Crippen LogP contribution in [-0.2, 0) is 0 Å². The molecule has 0 atom stereocenters. The predicted octanol–water partition coefficient (Wildman–Crippen LogP) is 2.82. The fourth-order valence-corrected chi connectivity index (χ4v) is 3.90. The molecular weight excluding hydrogens is 348 g/mol. The summed E-state index contributed by atoms with van der Waals surface area (Å²) in [7, 11) is 0. The summed E-state index contributed by atoms with van der Waals surface area (Å²) in [6.07, 6.45) is 0.676. The third-order valence-corrected chi connectivity index (χ3v) is 5.30. The van der Waals surface area contributed by atoms with Gasteiger partial charge < -0.3 is 5.11 Å². The van der Waals surface area contributed by atoms with Crippen molar-refractivity contribution < 1.29 is 5.11 Å². The number of aliphatic hydroxyl groups is 1. The van der Waals surface area contributed by atoms with Crippen LogP contribution in [0.2, 0.25) is 0 Å². The van der Waals surface area contributed by atoms with Gasteiger partial charge in [-0.05, 0) is 37.1 Å². The van der Waals surface area contributed by atoms with Crippen molar-refractivity contribution in [3.8, 4) is 5.69 Å². The van der Waals surface area contributed by atoms with Gasteiger partial charge in [0.25, 0.3) is 5.56 Å². The van der Waals surface area contributed by atoms with Crippen molar-refractivity contribution in [1.82, 2.24) is 19.2 Å². The number of aliphatic hydroxyl groups excluding tert-OH is 1. The molecule has 132 valence electrons. The summed E-state index contributed by atoms with van der Waals surface area (Å²) in [5.41, 5.74) is 2.47. The van der Waals surface area contributed by atoms with Crippen LogP contribution in [0.4, 0.5) is 0 Å². The second-order valence-corrected chi connectivity index (χ2v) is 7.05. The van der Waals surface area contributed by atoms with Crippen molar-refractivity contribution >= 4 is 28.4 Å². The number of thioether (sulfide) groups is 1. The van der Waals surface area contributed by atoms with E-state index in [1.54, 1.807) is 4.57 Å². The Balaban J connectivity index is 2.07. The molecule has 0 aliphatic rings. The molecule has 0 aliphatic heterocycles. The molecule has 0 amide bonds. The third kappa shape index (κ3) is 2.69. The maximum atomic E-state index is 13.2. The van der Waals surface area contributed by atoms with Crippen LogP contribution in [0.5, 0.6) is 0 Å². The number of hydrogen-bond donors (Lipinski definition) is 1. The molecule has 1 N–H and O–H groups in total. The van der Waals surface area contributed by atoms with Crippen LogP contribution in [0.1, 0.15) is 12.0 Å². The Labute approximate surface area is 154 Å². The first-order chi connectivity index (χ1) is 12.7. The quantitative estimate of drug-likeness (QED) is 0.434. The number of fused-ring (bicyclic) bond motifs is 3. The highest BCUT2D eigenvalue weighted by atomic mass is 32.2. The average Bonchev–Trinajstić information content (AvgIpc) is 3.07. The number of nitrogens with zero attached hydrogens (tertiary/aromatic N) is 4. The molecule has 0 saturated heterocycles. The van der Waals surface area contributed by atoms with Crippen LogP contribution >= 0.6 is 11.8 Å². The number of aryl methyl sites for hydroxylation is 1. The molecule has 0 radical (unpaired) electrons. The minimum Gasteiger partial charge on any atom is -0.396 e. The SMILES string of the molecule is Cc1ccccc1-n1c(=O)c2ccccc2n2c(SCCCO)nnc12. The largest absolute Gasteiger partial charge is 0.396 e. The molecule has 26 heavy (non-hydrogen) atoms. The van der Waals surface area contributed by atoms with E-state index in [-0.39, 0.29) is 12.2 Å². The Hall–Kier alpha value is -2.64. The molecular formula is C19H18N4O2S. The number of benzene rings is 2. The smallest absolute Gasteiger partial charge is 0.267 e. The summed E-state index contributed by atoms with van der Waals surface area (Å²) in [4.78, 5) is 13.2. The Morgan fingerprint density at radius 2 is 1.85 bits per heavy atom. The zero-order valence-corrected chi connectivity index (χ0v) is 15.1. The maximum Gasteiger partial charge on any atom is 0.267 e. The van der Waals surface area contributed by atoms with Gasteiger partial charge in [-0.15, -0.1) is 10.2 Å². The molecule has 0 saturated carbocycles. The normalized spacial score (nSPS) is 11.5. The monoisotopic (exact) mass is 366 g/mol. The number of rotatable bonds is 5. The molecule has 0 bridgehead atoms. The van der Waals surface area contributed by atoms with Gasteiger partial charge in [0, 0.05) is 12.4 Å². The van der Waals surface area contributed by atoms with E-state index in [0.717, 1.165) is 22.5 Å². The van der Waals surface area contributed by atoms with Crippen LogP contribution in [0.15, 0.2) is 58.5 Å². The van der Waals surface area contributed by atoms with Crippen LogP contribution < -0.4 is 5.56 Å². The first kappa shape index (κ1) is 16.8. The van der Waals surface area contributed by atoms with Gasteiger partial charge in [0.2, 0.25) is 5.78 Å². The highest BCUT2D eigenvalue weighted by molar-refractivity contribution is 7.99. The van der Waals surface area contributed by atoms with E-state index < -0.39 is 0 Å². The van der Waals surface area contributed by atoms with E-state index in [4.69, 9.17) is 5.11 Å². The fourth-order valence-electron chi connectivity index (χ4n) is 3.03. The minimum atomic E-state index is -0.110. The van der Waals surface area contributed by atoms with E-state index in [0.29, 0.717) is 22.7 Å². The van der Waals surface area contributed by atoms with Crippen molar-refractivity contribution in [2.24, 2.45) is 0 Å². The van der Waals surface area contributed by atoms with E-state index in [2.05, 4.69) is 10.2 Å². The maximum absolute atomic E-state index is 13.2. The molecule has 0 aliphatic carbocycles. The van der Waals surface area contributed by atoms with Gasteiger partial charge in [-0.2, -0.15) is 0 Å². The van der Waals surface area contributed by atoms with Gasteiger partial charge in [0.1, 0.15) is 0 Å². The lowest BCUT2D eigenvalue weighted by Crippen LogP contribution is -2.22. The molecule has 6 nitrogen and oxygen atoms in total. The number of hydrogen-bond acceptors (Lipinski definition) is 5. The van der Waals surface area contributed by atoms with Crippen LogP contribution in [-0.4, -0.2) is 36.6 Å². The van der Waals surface area contributed by atoms with Crippen molar-refractivity contribution in [2.45, 2.75) is 18.5 Å². The van der Waals surface area contributed by atoms with Crippen molar-refractivity contribution in [2.75, 3.05) is 12.4 Å². The summed E-state index contributed by atoms with van der Waals surface area (Å²) in [6, 6.07) is 15.2. The number of para-hydroxylation sites is 2. The standard InChI is InChI=1S/C19H18N4O2S/c1-13-7-2-4-9-15(13)22-17(25)14-8-3-5-10-16(14)23-18(22)20-21-19(23)26-12-6-11-24/h2-5,7-10,24H,6,11-12H2,1H3. The molecule has 0 spiro atoms. The Bertz CT molecular complexity index is 1150. The van der Waals surface area contributed by atoms with E-state index in [1.807, 2.05) is 59.9 Å². The molecule has 7 heteroatoms. The van der Waals surface area contributed by atoms with Gasteiger partial charge in [-0.1, -0.05) is 42.1 Å². The predicted molar refractivity (Wildman–Crippen MR) is 103 cm³/mol. The van der Waals surface area contributed by atoms with Crippen molar-refractivity contribution in [1.29, 1.82) is 0 Å². The van der Waals surface area contributed by atoms with Gasteiger partial charge in [0.15, 0.2) is 5.16 Å². The van der Waals surface area contributed by atoms with Crippen LogP contribution in [0.25, 0.3) is 22.4 Å². The lowest BCUT2D eigenvalue weighted by Gasteiger charge is -2.13. The Morgan fingerprint density at radius 1 is 1.08 bits per heavy atom. The highest BCUT2D eigenvalue weighted by Gasteiger charge is 2.18. The topological polar surface area (TPSA) is 72.4 Å². The lowest BCUT2D eigenvalue weighted by molar-refractivity contribution is 0.296. The average molecular weight is 366 g/mol. The van der Waals surface area contributed by atoms with Crippen molar-refractivity contribution in [3.05, 3.63) is 64.4 Å². The fraction of sp³-hybridized carbons (Fsp3) is 0.211. The molecule has 0 fully saturated rings. The Kier molecular flexibility index (Phi) is 4.48. The molecule has 0 unspecified atom stereocenters. The molecule has 4 aromatic rings. The minimum absolute atomic E-state index is 0.110. The zero-order chi connectivity index (χ0) is 18.1. The van der Waals surface area contributed by atoms with Gasteiger partial charge in [-0.25, -0.2) is 4.57 Å². The summed E-state index contributed by atoms with van der Waals surface area (Å²) < 4.78 is 3.55. The first-order valence-corrected chi connectivity index (χ1v) is 9.39. The van der Waals surface area contributed by atoms with E-state index >= 15 is 0 Å². The molecule has 4 rings (SSSR count). The van der Waals surface area contributed by atoms with E-state index in [9.17, 15) is 4.79 Å². The number of aromatic nitrogens is 4. The molecule has 2 aromatic heterocycles. The van der Waals surface area contributed by atoms with Crippen molar-refractivity contribution in [3.63, 3.8) is 0 Å². The van der Waals surface area contributed by atoms with Crippen LogP contribution in [0, 0.1) is 6.92 Å². The summed E-state index contributed by atoms with van der Waals surface area (Å²) in [5, 5.41) is 19.0. The van der Waals surface area contributed by atoms with Gasteiger partial charge >= 0.3 is 0 Å². The highest BCUT2D eigenvalue weighted by Crippen LogP contribution is 2.24. The Morgan fingerprint density at radius 3 is 2.65 bits per heavy atom. The first-order valence-electron chi connectivity index (χ1n) is 8.41. The van der Waals surface area contributed by atoms with E-state index in [1.165, 1.54) is 11.8 Å². The second kappa shape index (κ2) is 6.93. The summed E-state index contributed by atoms with van der Waals surface area (Å²) >= 11 is 1.52. The second-order valence-electron chi connectivity index (χ2n) is 5.99. The lowest BCUT2D eigenvalue weighted by atomic mass is 10.2. The zero-order valence-electron chi connectivity index (χ0n) is 14.3. The molecule has 2 heterocycles. The summed E-state index contributed by atoms with van der Waals surface area (Å²) in [5.74, 6) is 1.23. The van der Waals surface area contributed by atoms with Gasteiger partial charge in [0.05, 0.1) is 16.6 Å². The summed E-state index contributed by atoms with van der Waals surface area (Å²) in [6.45, 7) is 2.11. The van der Waals surface area contributed by atoms with Gasteiger partial charge in [-0.3, -0.25) is 9.20 Å². The third-order valence-electron chi connectivity index (χ3n) is 4.28. The van der Waals surface area contributed by atoms with Crippen LogP contribution in [0.3, 0.4) is 0 Å². The molecule has 2 aromatic carbocycles.